The number of carbonyl (C=O) groups is 1. The minimum atomic E-state index is -0.936. The van der Waals surface area contributed by atoms with E-state index in [1.54, 1.807) is 6.92 Å². The number of carbonyl (C=O) groups excluding carboxylic acids is 1. The van der Waals surface area contributed by atoms with Crippen LogP contribution in [-0.2, 0) is 9.53 Å². The van der Waals surface area contributed by atoms with E-state index in [0.717, 1.165) is 12.8 Å². The molecule has 1 aliphatic carbocycles. The fourth-order valence-electron chi connectivity index (χ4n) is 1.44. The third-order valence-corrected chi connectivity index (χ3v) is 2.19. The SMILES string of the molecule is CCC(=O)O[C@H]1CCCC[C@@H]1F. The molecule has 2 nitrogen and oxygen atoms in total. The summed E-state index contributed by atoms with van der Waals surface area (Å²) in [6.07, 6.45) is 2.06. The third-order valence-electron chi connectivity index (χ3n) is 2.19. The smallest absolute Gasteiger partial charge is 0.305 e. The van der Waals surface area contributed by atoms with Gasteiger partial charge in [0.25, 0.3) is 0 Å². The summed E-state index contributed by atoms with van der Waals surface area (Å²) in [6.45, 7) is 1.72. The first-order valence-corrected chi connectivity index (χ1v) is 4.57. The molecule has 0 bridgehead atoms. The largest absolute Gasteiger partial charge is 0.459 e. The van der Waals surface area contributed by atoms with Gasteiger partial charge < -0.3 is 4.74 Å². The molecular formula is C9H15FO2. The topological polar surface area (TPSA) is 26.3 Å². The fourth-order valence-corrected chi connectivity index (χ4v) is 1.44. The number of halogens is 1. The average molecular weight is 174 g/mol. The van der Waals surface area contributed by atoms with Crippen LogP contribution in [0.2, 0.25) is 0 Å². The Morgan fingerprint density at radius 3 is 2.75 bits per heavy atom. The van der Waals surface area contributed by atoms with Gasteiger partial charge in [-0.15, -0.1) is 0 Å². The number of esters is 1. The van der Waals surface area contributed by atoms with Gasteiger partial charge in [0.2, 0.25) is 0 Å². The molecule has 0 saturated heterocycles. The van der Waals surface area contributed by atoms with E-state index in [2.05, 4.69) is 0 Å². The highest BCUT2D eigenvalue weighted by atomic mass is 19.1. The quantitative estimate of drug-likeness (QED) is 0.600. The van der Waals surface area contributed by atoms with Gasteiger partial charge in [0.15, 0.2) is 0 Å². The van der Waals surface area contributed by atoms with Crippen LogP contribution in [0.15, 0.2) is 0 Å². The molecule has 3 heteroatoms. The van der Waals surface area contributed by atoms with Crippen LogP contribution in [0.1, 0.15) is 39.0 Å². The van der Waals surface area contributed by atoms with Crippen LogP contribution >= 0.6 is 0 Å². The van der Waals surface area contributed by atoms with Gasteiger partial charge in [-0.25, -0.2) is 4.39 Å². The van der Waals surface area contributed by atoms with E-state index in [4.69, 9.17) is 4.74 Å². The second-order valence-corrected chi connectivity index (χ2v) is 3.18. The van der Waals surface area contributed by atoms with Gasteiger partial charge in [0, 0.05) is 6.42 Å². The first kappa shape index (κ1) is 9.49. The molecule has 0 aliphatic heterocycles. The van der Waals surface area contributed by atoms with Gasteiger partial charge in [-0.3, -0.25) is 4.79 Å². The summed E-state index contributed by atoms with van der Waals surface area (Å²) in [4.78, 5) is 10.8. The van der Waals surface area contributed by atoms with Crippen molar-refractivity contribution >= 4 is 5.97 Å². The summed E-state index contributed by atoms with van der Waals surface area (Å²) >= 11 is 0. The van der Waals surface area contributed by atoms with E-state index < -0.39 is 12.3 Å². The van der Waals surface area contributed by atoms with Gasteiger partial charge in [-0.05, 0) is 19.3 Å². The Hall–Kier alpha value is -0.600. The van der Waals surface area contributed by atoms with E-state index in [-0.39, 0.29) is 5.97 Å². The molecule has 0 spiro atoms. The van der Waals surface area contributed by atoms with Gasteiger partial charge >= 0.3 is 5.97 Å². The van der Waals surface area contributed by atoms with Crippen molar-refractivity contribution in [3.05, 3.63) is 0 Å². The van der Waals surface area contributed by atoms with Crippen LogP contribution in [0.3, 0.4) is 0 Å². The molecule has 0 unspecified atom stereocenters. The summed E-state index contributed by atoms with van der Waals surface area (Å²) in [5.41, 5.74) is 0. The first-order valence-electron chi connectivity index (χ1n) is 4.57. The van der Waals surface area contributed by atoms with E-state index in [1.807, 2.05) is 0 Å². The van der Waals surface area contributed by atoms with Crippen molar-refractivity contribution in [2.75, 3.05) is 0 Å². The summed E-state index contributed by atoms with van der Waals surface area (Å²) in [6, 6.07) is 0. The van der Waals surface area contributed by atoms with Gasteiger partial charge in [-0.2, -0.15) is 0 Å². The molecule has 2 atom stereocenters. The van der Waals surface area contributed by atoms with Crippen LogP contribution in [0.4, 0.5) is 4.39 Å². The Kier molecular flexibility index (Phi) is 3.50. The molecule has 1 fully saturated rings. The van der Waals surface area contributed by atoms with Crippen LogP contribution in [0.25, 0.3) is 0 Å². The number of hydrogen-bond acceptors (Lipinski definition) is 2. The van der Waals surface area contributed by atoms with Gasteiger partial charge in [-0.1, -0.05) is 13.3 Å². The zero-order valence-electron chi connectivity index (χ0n) is 7.38. The van der Waals surface area contributed by atoms with Crippen molar-refractivity contribution in [3.8, 4) is 0 Å². The van der Waals surface area contributed by atoms with E-state index in [1.165, 1.54) is 0 Å². The van der Waals surface area contributed by atoms with Crippen molar-refractivity contribution < 1.29 is 13.9 Å². The number of hydrogen-bond donors (Lipinski definition) is 0. The van der Waals surface area contributed by atoms with Crippen molar-refractivity contribution in [3.63, 3.8) is 0 Å². The lowest BCUT2D eigenvalue weighted by Crippen LogP contribution is -2.31. The van der Waals surface area contributed by atoms with Crippen molar-refractivity contribution in [1.82, 2.24) is 0 Å². The van der Waals surface area contributed by atoms with Crippen LogP contribution < -0.4 is 0 Å². The Bertz CT molecular complexity index is 159. The standard InChI is InChI=1S/C9H15FO2/c1-2-9(11)12-8-6-4-3-5-7(8)10/h7-8H,2-6H2,1H3/t7-,8-/m0/s1. The van der Waals surface area contributed by atoms with Crippen LogP contribution in [0.5, 0.6) is 0 Å². The van der Waals surface area contributed by atoms with E-state index in [0.29, 0.717) is 19.3 Å². The molecule has 0 amide bonds. The fraction of sp³-hybridized carbons (Fsp3) is 0.889. The summed E-state index contributed by atoms with van der Waals surface area (Å²) in [5.74, 6) is -0.287. The Labute approximate surface area is 72.1 Å². The molecule has 0 N–H and O–H groups in total. The predicted molar refractivity (Wildman–Crippen MR) is 43.5 cm³/mol. The lowest BCUT2D eigenvalue weighted by atomic mass is 9.96. The molecule has 1 aliphatic rings. The molecule has 0 aromatic heterocycles. The Morgan fingerprint density at radius 2 is 2.17 bits per heavy atom. The number of alkyl halides is 1. The highest BCUT2D eigenvalue weighted by molar-refractivity contribution is 5.69. The normalized spacial score (nSPS) is 29.8. The van der Waals surface area contributed by atoms with Crippen LogP contribution in [0, 0.1) is 0 Å². The second-order valence-electron chi connectivity index (χ2n) is 3.18. The Balaban J connectivity index is 2.33. The molecular weight excluding hydrogens is 159 g/mol. The second kappa shape index (κ2) is 4.43. The molecule has 0 radical (unpaired) electrons. The minimum Gasteiger partial charge on any atom is -0.459 e. The molecule has 12 heavy (non-hydrogen) atoms. The number of ether oxygens (including phenoxy) is 1. The molecule has 0 heterocycles. The molecule has 70 valence electrons. The highest BCUT2D eigenvalue weighted by Crippen LogP contribution is 2.23. The van der Waals surface area contributed by atoms with E-state index >= 15 is 0 Å². The maximum atomic E-state index is 13.1. The third kappa shape index (κ3) is 2.47. The van der Waals surface area contributed by atoms with Gasteiger partial charge in [0.1, 0.15) is 12.3 Å². The Morgan fingerprint density at radius 1 is 1.50 bits per heavy atom. The van der Waals surface area contributed by atoms with Crippen LogP contribution in [-0.4, -0.2) is 18.2 Å². The monoisotopic (exact) mass is 174 g/mol. The summed E-state index contributed by atoms with van der Waals surface area (Å²) in [5, 5.41) is 0. The molecule has 1 saturated carbocycles. The summed E-state index contributed by atoms with van der Waals surface area (Å²) in [7, 11) is 0. The van der Waals surface area contributed by atoms with Crippen molar-refractivity contribution in [2.24, 2.45) is 0 Å². The zero-order valence-corrected chi connectivity index (χ0v) is 7.38. The zero-order chi connectivity index (χ0) is 8.97. The maximum absolute atomic E-state index is 13.1. The van der Waals surface area contributed by atoms with Crippen molar-refractivity contribution in [2.45, 2.75) is 51.3 Å². The van der Waals surface area contributed by atoms with Gasteiger partial charge in [0.05, 0.1) is 0 Å². The van der Waals surface area contributed by atoms with Crippen molar-refractivity contribution in [1.29, 1.82) is 0 Å². The molecule has 0 aromatic carbocycles. The molecule has 1 rings (SSSR count). The number of rotatable bonds is 2. The summed E-state index contributed by atoms with van der Waals surface area (Å²) < 4.78 is 18.0. The molecule has 0 aromatic rings. The highest BCUT2D eigenvalue weighted by Gasteiger charge is 2.27. The lowest BCUT2D eigenvalue weighted by Gasteiger charge is -2.25. The maximum Gasteiger partial charge on any atom is 0.305 e. The van der Waals surface area contributed by atoms with E-state index in [9.17, 15) is 9.18 Å². The predicted octanol–water partition coefficient (Wildman–Crippen LogP) is 2.22. The lowest BCUT2D eigenvalue weighted by molar-refractivity contribution is -0.153. The average Bonchev–Trinajstić information content (AvgIpc) is 2.09. The first-order chi connectivity index (χ1) is 5.74. The minimum absolute atomic E-state index is 0.287.